The average Bonchev–Trinajstić information content (AvgIpc) is 2.62. The third-order valence-corrected chi connectivity index (χ3v) is 3.81. The van der Waals surface area contributed by atoms with Crippen molar-refractivity contribution in [2.45, 2.75) is 39.5 Å². The number of pyridine rings is 1. The predicted octanol–water partition coefficient (Wildman–Crippen LogP) is 6.09. The summed E-state index contributed by atoms with van der Waals surface area (Å²) in [5.74, 6) is 1.53. The Morgan fingerprint density at radius 2 is 1.61 bits per heavy atom. The van der Waals surface area contributed by atoms with Crippen LogP contribution < -0.4 is 4.74 Å². The maximum Gasteiger partial charge on any atom is 0.119 e. The quantitative estimate of drug-likeness (QED) is 0.526. The monoisotopic (exact) mass is 311 g/mol. The van der Waals surface area contributed by atoms with Gasteiger partial charge in [0.05, 0.1) is 18.0 Å². The van der Waals surface area contributed by atoms with Crippen LogP contribution in [0.1, 0.15) is 39.5 Å². The largest absolute Gasteiger partial charge is 0.493 e. The van der Waals surface area contributed by atoms with E-state index in [-0.39, 0.29) is 0 Å². The van der Waals surface area contributed by atoms with Crippen LogP contribution in [-0.4, -0.2) is 11.6 Å². The Hall–Kier alpha value is -2.23. The zero-order chi connectivity index (χ0) is 16.3. The molecule has 0 spiro atoms. The van der Waals surface area contributed by atoms with Crippen LogP contribution in [0.5, 0.6) is 5.75 Å². The van der Waals surface area contributed by atoms with Crippen LogP contribution in [0.4, 0.5) is 11.4 Å². The molecule has 0 fully saturated rings. The van der Waals surface area contributed by atoms with Gasteiger partial charge in [0.1, 0.15) is 5.75 Å². The summed E-state index contributed by atoms with van der Waals surface area (Å²) in [6.07, 6.45) is 8.33. The Kier molecular flexibility index (Phi) is 7.24. The van der Waals surface area contributed by atoms with Gasteiger partial charge >= 0.3 is 0 Å². The molecule has 1 unspecified atom stereocenters. The van der Waals surface area contributed by atoms with Gasteiger partial charge in [0.25, 0.3) is 0 Å². The Labute approximate surface area is 138 Å². The van der Waals surface area contributed by atoms with Crippen molar-refractivity contribution in [3.63, 3.8) is 0 Å². The maximum atomic E-state index is 5.89. The van der Waals surface area contributed by atoms with Crippen molar-refractivity contribution in [3.05, 3.63) is 48.8 Å². The summed E-state index contributed by atoms with van der Waals surface area (Å²) in [5.41, 5.74) is 1.61. The van der Waals surface area contributed by atoms with Crippen molar-refractivity contribution in [1.82, 2.24) is 4.98 Å². The molecule has 4 heteroatoms. The van der Waals surface area contributed by atoms with Gasteiger partial charge in [-0.05, 0) is 48.7 Å². The fraction of sp³-hybridized carbons (Fsp3) is 0.421. The molecule has 0 aliphatic carbocycles. The molecule has 2 rings (SSSR count). The summed E-state index contributed by atoms with van der Waals surface area (Å²) in [7, 11) is 0. The van der Waals surface area contributed by atoms with Crippen molar-refractivity contribution in [2.75, 3.05) is 6.61 Å². The molecular weight excluding hydrogens is 286 g/mol. The van der Waals surface area contributed by atoms with E-state index in [0.29, 0.717) is 5.92 Å². The van der Waals surface area contributed by atoms with E-state index in [1.807, 2.05) is 36.4 Å². The average molecular weight is 311 g/mol. The first kappa shape index (κ1) is 17.1. The first-order chi connectivity index (χ1) is 11.3. The fourth-order valence-corrected chi connectivity index (χ4v) is 2.25. The van der Waals surface area contributed by atoms with E-state index in [4.69, 9.17) is 4.74 Å². The zero-order valence-corrected chi connectivity index (χ0v) is 14.0. The highest BCUT2D eigenvalue weighted by Crippen LogP contribution is 2.22. The lowest BCUT2D eigenvalue weighted by Gasteiger charge is -2.15. The van der Waals surface area contributed by atoms with Crippen LogP contribution in [-0.2, 0) is 0 Å². The molecule has 0 amide bonds. The molecule has 0 saturated carbocycles. The smallest absolute Gasteiger partial charge is 0.119 e. The van der Waals surface area contributed by atoms with E-state index in [1.54, 1.807) is 12.4 Å². The van der Waals surface area contributed by atoms with Crippen LogP contribution in [0, 0.1) is 5.92 Å². The second-order valence-electron chi connectivity index (χ2n) is 5.63. The van der Waals surface area contributed by atoms with Gasteiger partial charge in [0.15, 0.2) is 0 Å². The molecule has 0 bridgehead atoms. The standard InChI is InChI=1S/C19H25N3O/c1-3-5-6-16(4-2)15-23-19-9-7-17(8-10-19)21-22-18-11-13-20-14-12-18/h7-14,16H,3-6,15H2,1-2H3. The van der Waals surface area contributed by atoms with Crippen LogP contribution in [0.3, 0.4) is 0 Å². The SMILES string of the molecule is CCCCC(CC)COc1ccc(N=Nc2ccncc2)cc1. The molecule has 1 aromatic heterocycles. The summed E-state index contributed by atoms with van der Waals surface area (Å²) >= 11 is 0. The Morgan fingerprint density at radius 3 is 2.22 bits per heavy atom. The summed E-state index contributed by atoms with van der Waals surface area (Å²) in [6.45, 7) is 5.24. The van der Waals surface area contributed by atoms with E-state index in [9.17, 15) is 0 Å². The van der Waals surface area contributed by atoms with Gasteiger partial charge in [0.2, 0.25) is 0 Å². The number of nitrogens with zero attached hydrogens (tertiary/aromatic N) is 3. The van der Waals surface area contributed by atoms with Gasteiger partial charge in [-0.25, -0.2) is 0 Å². The summed E-state index contributed by atoms with van der Waals surface area (Å²) in [6, 6.07) is 11.4. The van der Waals surface area contributed by atoms with E-state index in [0.717, 1.165) is 30.2 Å². The molecule has 122 valence electrons. The molecule has 23 heavy (non-hydrogen) atoms. The number of hydrogen-bond donors (Lipinski definition) is 0. The Bertz CT molecular complexity index is 581. The zero-order valence-electron chi connectivity index (χ0n) is 14.0. The Balaban J connectivity index is 1.85. The molecule has 0 saturated heterocycles. The third kappa shape index (κ3) is 6.19. The molecule has 4 nitrogen and oxygen atoms in total. The van der Waals surface area contributed by atoms with E-state index < -0.39 is 0 Å². The summed E-state index contributed by atoms with van der Waals surface area (Å²) in [4.78, 5) is 3.95. The number of ether oxygens (including phenoxy) is 1. The second kappa shape index (κ2) is 9.72. The van der Waals surface area contributed by atoms with Crippen LogP contribution in [0.25, 0.3) is 0 Å². The lowest BCUT2D eigenvalue weighted by atomic mass is 10.0. The highest BCUT2D eigenvalue weighted by molar-refractivity contribution is 5.42. The number of benzene rings is 1. The van der Waals surface area contributed by atoms with Gasteiger partial charge in [-0.3, -0.25) is 4.98 Å². The lowest BCUT2D eigenvalue weighted by molar-refractivity contribution is 0.233. The van der Waals surface area contributed by atoms with E-state index in [2.05, 4.69) is 29.1 Å². The second-order valence-corrected chi connectivity index (χ2v) is 5.63. The van der Waals surface area contributed by atoms with Gasteiger partial charge in [-0.15, -0.1) is 0 Å². The van der Waals surface area contributed by atoms with Crippen LogP contribution >= 0.6 is 0 Å². The minimum Gasteiger partial charge on any atom is -0.493 e. The highest BCUT2D eigenvalue weighted by Gasteiger charge is 2.06. The molecule has 1 atom stereocenters. The van der Waals surface area contributed by atoms with Crippen molar-refractivity contribution in [1.29, 1.82) is 0 Å². The van der Waals surface area contributed by atoms with Crippen molar-refractivity contribution >= 4 is 11.4 Å². The van der Waals surface area contributed by atoms with E-state index >= 15 is 0 Å². The van der Waals surface area contributed by atoms with E-state index in [1.165, 1.54) is 19.3 Å². The van der Waals surface area contributed by atoms with Gasteiger partial charge < -0.3 is 4.74 Å². The number of rotatable bonds is 9. The molecule has 1 aromatic carbocycles. The molecule has 0 N–H and O–H groups in total. The first-order valence-electron chi connectivity index (χ1n) is 8.36. The molecular formula is C19H25N3O. The minimum absolute atomic E-state index is 0.640. The maximum absolute atomic E-state index is 5.89. The number of aromatic nitrogens is 1. The third-order valence-electron chi connectivity index (χ3n) is 3.81. The van der Waals surface area contributed by atoms with Crippen molar-refractivity contribution in [2.24, 2.45) is 16.1 Å². The molecule has 0 aliphatic rings. The molecule has 0 radical (unpaired) electrons. The fourth-order valence-electron chi connectivity index (χ4n) is 2.25. The first-order valence-corrected chi connectivity index (χ1v) is 8.36. The number of unbranched alkanes of at least 4 members (excludes halogenated alkanes) is 1. The van der Waals surface area contributed by atoms with Crippen LogP contribution in [0.15, 0.2) is 59.0 Å². The van der Waals surface area contributed by atoms with Crippen LogP contribution in [0.2, 0.25) is 0 Å². The number of azo groups is 1. The summed E-state index contributed by atoms with van der Waals surface area (Å²) < 4.78 is 5.89. The topological polar surface area (TPSA) is 46.8 Å². The lowest BCUT2D eigenvalue weighted by Crippen LogP contribution is -2.11. The number of hydrogen-bond acceptors (Lipinski definition) is 4. The predicted molar refractivity (Wildman–Crippen MR) is 93.7 cm³/mol. The Morgan fingerprint density at radius 1 is 0.957 bits per heavy atom. The molecule has 1 heterocycles. The minimum atomic E-state index is 0.640. The van der Waals surface area contributed by atoms with Gasteiger partial charge in [0, 0.05) is 12.4 Å². The summed E-state index contributed by atoms with van der Waals surface area (Å²) in [5, 5.41) is 8.38. The normalized spacial score (nSPS) is 12.4. The van der Waals surface area contributed by atoms with Crippen molar-refractivity contribution in [3.8, 4) is 5.75 Å². The van der Waals surface area contributed by atoms with Gasteiger partial charge in [-0.1, -0.05) is 33.1 Å². The highest BCUT2D eigenvalue weighted by atomic mass is 16.5. The molecule has 2 aromatic rings. The molecule has 0 aliphatic heterocycles. The van der Waals surface area contributed by atoms with Crippen molar-refractivity contribution < 1.29 is 4.74 Å². The van der Waals surface area contributed by atoms with Gasteiger partial charge in [-0.2, -0.15) is 10.2 Å².